The van der Waals surface area contributed by atoms with Crippen molar-refractivity contribution >= 4 is 34.2 Å². The predicted octanol–water partition coefficient (Wildman–Crippen LogP) is 3.47. The molecule has 0 aromatic heterocycles. The number of carbonyl (C=O) groups excluding carboxylic acids is 1. The van der Waals surface area contributed by atoms with Crippen LogP contribution in [0.2, 0.25) is 0 Å². The molecule has 120 valence electrons. The number of hydrogen-bond acceptors (Lipinski definition) is 3. The Kier molecular flexibility index (Phi) is 6.62. The Labute approximate surface area is 147 Å². The zero-order valence-electron chi connectivity index (χ0n) is 13.2. The minimum atomic E-state index is -0.154. The van der Waals surface area contributed by atoms with Crippen molar-refractivity contribution < 1.29 is 4.79 Å². The molecule has 2 aromatic rings. The Morgan fingerprint density at radius 3 is 1.96 bits per heavy atom. The SMILES string of the molecule is CN(C)C(=S)SCC(=O)NC(c1ccccc1)c1ccccc1. The van der Waals surface area contributed by atoms with Crippen LogP contribution in [0, 0.1) is 0 Å². The van der Waals surface area contributed by atoms with Crippen molar-refractivity contribution in [3.63, 3.8) is 0 Å². The monoisotopic (exact) mass is 344 g/mol. The first-order valence-corrected chi connectivity index (χ1v) is 8.70. The molecule has 0 saturated heterocycles. The van der Waals surface area contributed by atoms with E-state index < -0.39 is 0 Å². The summed E-state index contributed by atoms with van der Waals surface area (Å²) in [6.07, 6.45) is 0. The molecule has 0 bridgehead atoms. The summed E-state index contributed by atoms with van der Waals surface area (Å²) in [4.78, 5) is 14.1. The van der Waals surface area contributed by atoms with Crippen LogP contribution in [0.4, 0.5) is 0 Å². The molecule has 5 heteroatoms. The van der Waals surface area contributed by atoms with Gasteiger partial charge in [0.05, 0.1) is 11.8 Å². The average molecular weight is 345 g/mol. The Morgan fingerprint density at radius 1 is 1.04 bits per heavy atom. The second-order valence-electron chi connectivity index (χ2n) is 5.27. The largest absolute Gasteiger partial charge is 0.364 e. The molecular weight excluding hydrogens is 324 g/mol. The smallest absolute Gasteiger partial charge is 0.231 e. The van der Waals surface area contributed by atoms with E-state index in [1.807, 2.05) is 79.7 Å². The second kappa shape index (κ2) is 8.70. The van der Waals surface area contributed by atoms with Gasteiger partial charge in [-0.2, -0.15) is 0 Å². The maximum absolute atomic E-state index is 12.3. The van der Waals surface area contributed by atoms with Crippen LogP contribution in [-0.4, -0.2) is 35.0 Å². The molecule has 0 saturated carbocycles. The second-order valence-corrected chi connectivity index (χ2v) is 6.88. The molecule has 1 amide bonds. The highest BCUT2D eigenvalue weighted by atomic mass is 32.2. The molecule has 2 aromatic carbocycles. The van der Waals surface area contributed by atoms with E-state index >= 15 is 0 Å². The van der Waals surface area contributed by atoms with Crippen LogP contribution in [0.1, 0.15) is 17.2 Å². The van der Waals surface area contributed by atoms with E-state index in [1.54, 1.807) is 0 Å². The van der Waals surface area contributed by atoms with Gasteiger partial charge >= 0.3 is 0 Å². The Bertz CT molecular complexity index is 605. The number of nitrogens with zero attached hydrogens (tertiary/aromatic N) is 1. The maximum atomic E-state index is 12.3. The molecule has 0 unspecified atom stereocenters. The minimum absolute atomic E-state index is 0.0306. The van der Waals surface area contributed by atoms with Gasteiger partial charge in [-0.3, -0.25) is 4.79 Å². The summed E-state index contributed by atoms with van der Waals surface area (Å²) < 4.78 is 0.705. The molecule has 0 aliphatic heterocycles. The molecule has 0 aliphatic carbocycles. The molecular formula is C18H20N2OS2. The lowest BCUT2D eigenvalue weighted by molar-refractivity contribution is -0.119. The molecule has 0 fully saturated rings. The molecule has 0 atom stereocenters. The van der Waals surface area contributed by atoms with Crippen molar-refractivity contribution in [1.29, 1.82) is 0 Å². The molecule has 2 rings (SSSR count). The lowest BCUT2D eigenvalue weighted by Crippen LogP contribution is -2.31. The van der Waals surface area contributed by atoms with Crippen LogP contribution in [0.5, 0.6) is 0 Å². The van der Waals surface area contributed by atoms with Gasteiger partial charge in [0, 0.05) is 14.1 Å². The van der Waals surface area contributed by atoms with Gasteiger partial charge in [-0.05, 0) is 11.1 Å². The van der Waals surface area contributed by atoms with E-state index in [0.29, 0.717) is 10.1 Å². The fraction of sp³-hybridized carbons (Fsp3) is 0.222. The Balaban J connectivity index is 2.10. The van der Waals surface area contributed by atoms with Crippen molar-refractivity contribution in [2.45, 2.75) is 6.04 Å². The number of benzene rings is 2. The molecule has 0 spiro atoms. The molecule has 0 heterocycles. The highest BCUT2D eigenvalue weighted by Gasteiger charge is 2.17. The van der Waals surface area contributed by atoms with Crippen LogP contribution in [0.3, 0.4) is 0 Å². The predicted molar refractivity (Wildman–Crippen MR) is 102 cm³/mol. The third kappa shape index (κ3) is 5.37. The molecule has 23 heavy (non-hydrogen) atoms. The van der Waals surface area contributed by atoms with E-state index in [4.69, 9.17) is 12.2 Å². The number of nitrogens with one attached hydrogen (secondary N) is 1. The third-order valence-corrected chi connectivity index (χ3v) is 5.00. The quantitative estimate of drug-likeness (QED) is 0.842. The van der Waals surface area contributed by atoms with Gasteiger partial charge in [-0.25, -0.2) is 0 Å². The zero-order valence-corrected chi connectivity index (χ0v) is 14.9. The molecule has 0 aliphatic rings. The number of carbonyl (C=O) groups is 1. The van der Waals surface area contributed by atoms with Crippen molar-refractivity contribution in [2.24, 2.45) is 0 Å². The summed E-state index contributed by atoms with van der Waals surface area (Å²) in [7, 11) is 3.76. The highest BCUT2D eigenvalue weighted by molar-refractivity contribution is 8.23. The first kappa shape index (κ1) is 17.5. The third-order valence-electron chi connectivity index (χ3n) is 3.26. The molecule has 3 nitrogen and oxygen atoms in total. The summed E-state index contributed by atoms with van der Waals surface area (Å²) in [6.45, 7) is 0. The van der Waals surface area contributed by atoms with Crippen LogP contribution in [-0.2, 0) is 4.79 Å². The van der Waals surface area contributed by atoms with Crippen molar-refractivity contribution in [2.75, 3.05) is 19.8 Å². The summed E-state index contributed by atoms with van der Waals surface area (Å²) in [5.41, 5.74) is 2.12. The van der Waals surface area contributed by atoms with Crippen LogP contribution < -0.4 is 5.32 Å². The topological polar surface area (TPSA) is 32.3 Å². The van der Waals surface area contributed by atoms with Gasteiger partial charge in [-0.15, -0.1) is 0 Å². The fourth-order valence-corrected chi connectivity index (χ4v) is 2.88. The number of thioether (sulfide) groups is 1. The van der Waals surface area contributed by atoms with E-state index in [0.717, 1.165) is 11.1 Å². The normalized spacial score (nSPS) is 10.4. The van der Waals surface area contributed by atoms with Gasteiger partial charge < -0.3 is 10.2 Å². The number of hydrogen-bond donors (Lipinski definition) is 1. The number of thiocarbonyl (C=S) groups is 1. The maximum Gasteiger partial charge on any atom is 0.231 e. The van der Waals surface area contributed by atoms with Crippen LogP contribution >= 0.6 is 24.0 Å². The fourth-order valence-electron chi connectivity index (χ4n) is 2.11. The number of amides is 1. The summed E-state index contributed by atoms with van der Waals surface area (Å²) in [5.74, 6) is 0.282. The first-order valence-electron chi connectivity index (χ1n) is 7.31. The van der Waals surface area contributed by atoms with Gasteiger partial charge in [-0.1, -0.05) is 84.6 Å². The van der Waals surface area contributed by atoms with Crippen molar-refractivity contribution in [3.05, 3.63) is 71.8 Å². The lowest BCUT2D eigenvalue weighted by atomic mass is 9.99. The van der Waals surface area contributed by atoms with E-state index in [9.17, 15) is 4.79 Å². The van der Waals surface area contributed by atoms with E-state index in [2.05, 4.69) is 5.32 Å². The first-order chi connectivity index (χ1) is 11.1. The Hall–Kier alpha value is -1.85. The standard InChI is InChI=1S/C18H20N2OS2/c1-20(2)18(22)23-13-16(21)19-17(14-9-5-3-6-10-14)15-11-7-4-8-12-15/h3-12,17H,13H2,1-2H3,(H,19,21). The summed E-state index contributed by atoms with van der Waals surface area (Å²) in [5, 5.41) is 3.11. The van der Waals surface area contributed by atoms with Gasteiger partial charge in [0.25, 0.3) is 0 Å². The zero-order chi connectivity index (χ0) is 16.7. The van der Waals surface area contributed by atoms with Crippen molar-refractivity contribution in [1.82, 2.24) is 10.2 Å². The molecule has 1 N–H and O–H groups in total. The number of rotatable bonds is 5. The van der Waals surface area contributed by atoms with Crippen LogP contribution in [0.15, 0.2) is 60.7 Å². The molecule has 0 radical (unpaired) electrons. The Morgan fingerprint density at radius 2 is 1.52 bits per heavy atom. The van der Waals surface area contributed by atoms with E-state index in [1.165, 1.54) is 11.8 Å². The minimum Gasteiger partial charge on any atom is -0.364 e. The summed E-state index contributed by atoms with van der Waals surface area (Å²) >= 11 is 6.58. The summed E-state index contributed by atoms with van der Waals surface area (Å²) in [6, 6.07) is 19.8. The van der Waals surface area contributed by atoms with Crippen molar-refractivity contribution in [3.8, 4) is 0 Å². The van der Waals surface area contributed by atoms with Crippen LogP contribution in [0.25, 0.3) is 0 Å². The van der Waals surface area contributed by atoms with E-state index in [-0.39, 0.29) is 11.9 Å². The van der Waals surface area contributed by atoms with Gasteiger partial charge in [0.15, 0.2) is 0 Å². The lowest BCUT2D eigenvalue weighted by Gasteiger charge is -2.20. The highest BCUT2D eigenvalue weighted by Crippen LogP contribution is 2.22. The van der Waals surface area contributed by atoms with Gasteiger partial charge in [0.2, 0.25) is 5.91 Å². The van der Waals surface area contributed by atoms with Gasteiger partial charge in [0.1, 0.15) is 4.32 Å². The average Bonchev–Trinajstić information content (AvgIpc) is 2.59.